The van der Waals surface area contributed by atoms with Gasteiger partial charge in [-0.25, -0.2) is 9.97 Å². The van der Waals surface area contributed by atoms with Gasteiger partial charge in [0.05, 0.1) is 16.6 Å². The number of hydrogen-bond acceptors (Lipinski definition) is 4. The number of imidazole rings is 1. The second-order valence-corrected chi connectivity index (χ2v) is 6.27. The normalized spacial score (nSPS) is 11.2. The molecule has 1 aromatic carbocycles. The van der Waals surface area contributed by atoms with Crippen molar-refractivity contribution in [2.75, 3.05) is 6.54 Å². The summed E-state index contributed by atoms with van der Waals surface area (Å²) in [6.07, 6.45) is 1.39. The molecule has 0 fully saturated rings. The van der Waals surface area contributed by atoms with Gasteiger partial charge in [-0.15, -0.1) is 0 Å². The van der Waals surface area contributed by atoms with Crippen molar-refractivity contribution in [1.82, 2.24) is 19.9 Å². The Morgan fingerprint density at radius 3 is 2.88 bits per heavy atom. The molecule has 2 heterocycles. The number of thioether (sulfide) groups is 1. The van der Waals surface area contributed by atoms with Gasteiger partial charge in [-0.1, -0.05) is 12.1 Å². The maximum absolute atomic E-state index is 12.6. The van der Waals surface area contributed by atoms with Crippen molar-refractivity contribution >= 4 is 28.7 Å². The molecular formula is C17H16F2N4OS. The molecule has 0 atom stereocenters. The van der Waals surface area contributed by atoms with Crippen LogP contribution in [0.15, 0.2) is 47.6 Å². The lowest BCUT2D eigenvalue weighted by atomic mass is 10.2. The van der Waals surface area contributed by atoms with Gasteiger partial charge in [-0.3, -0.25) is 4.79 Å². The Labute approximate surface area is 147 Å². The molecule has 0 bridgehead atoms. The number of halogens is 2. The number of pyridine rings is 1. The Balaban J connectivity index is 1.68. The van der Waals surface area contributed by atoms with E-state index in [4.69, 9.17) is 0 Å². The second-order valence-electron chi connectivity index (χ2n) is 5.29. The van der Waals surface area contributed by atoms with Crippen LogP contribution in [0.25, 0.3) is 11.0 Å². The summed E-state index contributed by atoms with van der Waals surface area (Å²) in [5.74, 6) is -2.19. The SMILES string of the molecule is Cc1nc2ccccc2n1CCNC(=O)c1cccnc1SC(F)F. The highest BCUT2D eigenvalue weighted by atomic mass is 32.2. The third-order valence-corrected chi connectivity index (χ3v) is 4.41. The number of hydrogen-bond donors (Lipinski definition) is 1. The predicted molar refractivity (Wildman–Crippen MR) is 92.9 cm³/mol. The maximum atomic E-state index is 12.6. The lowest BCUT2D eigenvalue weighted by Gasteiger charge is -2.10. The Kier molecular flexibility index (Phi) is 5.28. The minimum atomic E-state index is -2.62. The Morgan fingerprint density at radius 1 is 1.28 bits per heavy atom. The van der Waals surface area contributed by atoms with Gasteiger partial charge in [0, 0.05) is 19.3 Å². The molecule has 1 N–H and O–H groups in total. The van der Waals surface area contributed by atoms with E-state index in [1.54, 1.807) is 6.07 Å². The second kappa shape index (κ2) is 7.60. The number of alkyl halides is 2. The van der Waals surface area contributed by atoms with E-state index >= 15 is 0 Å². The van der Waals surface area contributed by atoms with E-state index in [0.717, 1.165) is 16.9 Å². The smallest absolute Gasteiger partial charge is 0.290 e. The third kappa shape index (κ3) is 3.96. The number of carbonyl (C=O) groups excluding carboxylic acids is 1. The lowest BCUT2D eigenvalue weighted by Crippen LogP contribution is -2.28. The quantitative estimate of drug-likeness (QED) is 0.682. The molecule has 0 aliphatic rings. The largest absolute Gasteiger partial charge is 0.350 e. The van der Waals surface area contributed by atoms with Crippen LogP contribution in [0.5, 0.6) is 0 Å². The molecule has 2 aromatic heterocycles. The van der Waals surface area contributed by atoms with Crippen LogP contribution in [0.3, 0.4) is 0 Å². The molecule has 8 heteroatoms. The molecule has 0 spiro atoms. The fourth-order valence-electron chi connectivity index (χ4n) is 2.60. The van der Waals surface area contributed by atoms with Gasteiger partial charge in [0.2, 0.25) is 0 Å². The first kappa shape index (κ1) is 17.3. The first-order chi connectivity index (χ1) is 12.1. The van der Waals surface area contributed by atoms with E-state index in [1.165, 1.54) is 12.3 Å². The fourth-order valence-corrected chi connectivity index (χ4v) is 3.17. The van der Waals surface area contributed by atoms with E-state index in [2.05, 4.69) is 15.3 Å². The molecule has 0 saturated carbocycles. The minimum Gasteiger partial charge on any atom is -0.350 e. The Morgan fingerprint density at radius 2 is 2.08 bits per heavy atom. The number of benzene rings is 1. The van der Waals surface area contributed by atoms with E-state index in [9.17, 15) is 13.6 Å². The minimum absolute atomic E-state index is 0.0271. The average molecular weight is 362 g/mol. The number of fused-ring (bicyclic) bond motifs is 1. The van der Waals surface area contributed by atoms with E-state index in [0.29, 0.717) is 13.1 Å². The van der Waals surface area contributed by atoms with Gasteiger partial charge in [0.25, 0.3) is 11.7 Å². The molecule has 0 radical (unpaired) electrons. The van der Waals surface area contributed by atoms with Crippen LogP contribution in [0.2, 0.25) is 0 Å². The number of rotatable bonds is 6. The number of amides is 1. The molecular weight excluding hydrogens is 346 g/mol. The highest BCUT2D eigenvalue weighted by Gasteiger charge is 2.16. The molecule has 0 aliphatic heterocycles. The van der Waals surface area contributed by atoms with Crippen molar-refractivity contribution in [1.29, 1.82) is 0 Å². The van der Waals surface area contributed by atoms with Crippen LogP contribution in [0, 0.1) is 6.92 Å². The van der Waals surface area contributed by atoms with E-state index in [-0.39, 0.29) is 22.4 Å². The zero-order chi connectivity index (χ0) is 17.8. The van der Waals surface area contributed by atoms with Gasteiger partial charge in [-0.05, 0) is 43.0 Å². The van der Waals surface area contributed by atoms with Crippen molar-refractivity contribution in [3.63, 3.8) is 0 Å². The predicted octanol–water partition coefficient (Wildman–Crippen LogP) is 3.48. The maximum Gasteiger partial charge on any atom is 0.290 e. The van der Waals surface area contributed by atoms with Crippen LogP contribution in [-0.4, -0.2) is 32.7 Å². The zero-order valence-electron chi connectivity index (χ0n) is 13.4. The van der Waals surface area contributed by atoms with Crippen LogP contribution >= 0.6 is 11.8 Å². The molecule has 0 aliphatic carbocycles. The number of para-hydroxylation sites is 2. The van der Waals surface area contributed by atoms with Gasteiger partial charge < -0.3 is 9.88 Å². The highest BCUT2D eigenvalue weighted by molar-refractivity contribution is 7.99. The monoisotopic (exact) mass is 362 g/mol. The van der Waals surface area contributed by atoms with Gasteiger partial charge in [-0.2, -0.15) is 8.78 Å². The molecule has 3 aromatic rings. The summed E-state index contributed by atoms with van der Waals surface area (Å²) in [4.78, 5) is 20.6. The number of carbonyl (C=O) groups is 1. The van der Waals surface area contributed by atoms with Crippen LogP contribution in [-0.2, 0) is 6.54 Å². The standard InChI is InChI=1S/C17H16F2N4OS/c1-11-22-13-6-2-3-7-14(13)23(11)10-9-20-15(24)12-5-4-8-21-16(12)25-17(18)19/h2-8,17H,9-10H2,1H3,(H,20,24). The Hall–Kier alpha value is -2.48. The van der Waals surface area contributed by atoms with Crippen molar-refractivity contribution in [2.45, 2.75) is 24.3 Å². The number of nitrogens with one attached hydrogen (secondary N) is 1. The van der Waals surface area contributed by atoms with Crippen molar-refractivity contribution in [3.8, 4) is 0 Å². The van der Waals surface area contributed by atoms with Crippen molar-refractivity contribution in [3.05, 3.63) is 54.0 Å². The van der Waals surface area contributed by atoms with Crippen LogP contribution in [0.1, 0.15) is 16.2 Å². The first-order valence-electron chi connectivity index (χ1n) is 7.66. The molecule has 25 heavy (non-hydrogen) atoms. The Bertz CT molecular complexity index is 897. The molecule has 130 valence electrons. The topological polar surface area (TPSA) is 59.8 Å². The number of nitrogens with zero attached hydrogens (tertiary/aromatic N) is 3. The van der Waals surface area contributed by atoms with E-state index < -0.39 is 11.7 Å². The first-order valence-corrected chi connectivity index (χ1v) is 8.54. The van der Waals surface area contributed by atoms with Crippen molar-refractivity contribution < 1.29 is 13.6 Å². The van der Waals surface area contributed by atoms with Crippen LogP contribution < -0.4 is 5.32 Å². The summed E-state index contributed by atoms with van der Waals surface area (Å²) in [5.41, 5.74) is 2.04. The average Bonchev–Trinajstić information content (AvgIpc) is 2.90. The third-order valence-electron chi connectivity index (χ3n) is 3.68. The molecule has 3 rings (SSSR count). The molecule has 1 amide bonds. The van der Waals surface area contributed by atoms with Crippen LogP contribution in [0.4, 0.5) is 8.78 Å². The number of aromatic nitrogens is 3. The summed E-state index contributed by atoms with van der Waals surface area (Å²) in [5, 5.41) is 2.78. The van der Waals surface area contributed by atoms with Gasteiger partial charge in [0.15, 0.2) is 0 Å². The zero-order valence-corrected chi connectivity index (χ0v) is 14.3. The summed E-state index contributed by atoms with van der Waals surface area (Å²) in [6, 6.07) is 10.8. The fraction of sp³-hybridized carbons (Fsp3) is 0.235. The summed E-state index contributed by atoms with van der Waals surface area (Å²) in [6.45, 7) is 2.80. The van der Waals surface area contributed by atoms with Gasteiger partial charge in [0.1, 0.15) is 10.9 Å². The highest BCUT2D eigenvalue weighted by Crippen LogP contribution is 2.26. The summed E-state index contributed by atoms with van der Waals surface area (Å²) >= 11 is 0.268. The van der Waals surface area contributed by atoms with Gasteiger partial charge >= 0.3 is 0 Å². The summed E-state index contributed by atoms with van der Waals surface area (Å²) < 4.78 is 27.2. The summed E-state index contributed by atoms with van der Waals surface area (Å²) in [7, 11) is 0. The lowest BCUT2D eigenvalue weighted by molar-refractivity contribution is 0.0948. The molecule has 0 unspecified atom stereocenters. The number of aryl methyl sites for hydroxylation is 1. The molecule has 5 nitrogen and oxygen atoms in total. The molecule has 0 saturated heterocycles. The van der Waals surface area contributed by atoms with Crippen molar-refractivity contribution in [2.24, 2.45) is 0 Å². The van der Waals surface area contributed by atoms with E-state index in [1.807, 2.05) is 35.8 Å².